The summed E-state index contributed by atoms with van der Waals surface area (Å²) >= 11 is 3.23. The van der Waals surface area contributed by atoms with Crippen molar-refractivity contribution in [2.45, 2.75) is 18.5 Å². The summed E-state index contributed by atoms with van der Waals surface area (Å²) in [5.74, 6) is -4.35. The summed E-state index contributed by atoms with van der Waals surface area (Å²) in [5, 5.41) is 11.5. The van der Waals surface area contributed by atoms with Crippen LogP contribution in [0.2, 0.25) is 0 Å². The lowest BCUT2D eigenvalue weighted by atomic mass is 9.94. The van der Waals surface area contributed by atoms with E-state index in [-0.39, 0.29) is 16.9 Å². The summed E-state index contributed by atoms with van der Waals surface area (Å²) in [5.41, 5.74) is -0.607. The van der Waals surface area contributed by atoms with Gasteiger partial charge in [-0.05, 0) is 18.2 Å². The lowest BCUT2D eigenvalue weighted by Gasteiger charge is -2.27. The molecule has 0 fully saturated rings. The second-order valence-electron chi connectivity index (χ2n) is 5.30. The molecule has 1 aliphatic heterocycles. The molecule has 1 atom stereocenters. The summed E-state index contributed by atoms with van der Waals surface area (Å²) in [6.07, 6.45) is -4.36. The molecule has 1 amide bonds. The average Bonchev–Trinajstić information content (AvgIpc) is 2.84. The van der Waals surface area contributed by atoms with E-state index in [0.29, 0.717) is 10.2 Å². The SMILES string of the molecule is O=C1C[C@@H](C(F)(F)F)c2c(c(C(=O)O)cn2-c2cccc(Br)c2)N1. The average molecular weight is 403 g/mol. The van der Waals surface area contributed by atoms with Gasteiger partial charge < -0.3 is 15.0 Å². The van der Waals surface area contributed by atoms with Crippen LogP contribution in [0, 0.1) is 0 Å². The normalized spacial score (nSPS) is 17.3. The number of halogens is 4. The van der Waals surface area contributed by atoms with Gasteiger partial charge in [0, 0.05) is 22.8 Å². The van der Waals surface area contributed by atoms with E-state index < -0.39 is 30.4 Å². The first-order valence-electron chi connectivity index (χ1n) is 6.79. The first-order chi connectivity index (χ1) is 11.2. The first-order valence-corrected chi connectivity index (χ1v) is 7.59. The third kappa shape index (κ3) is 2.79. The number of nitrogens with zero attached hydrogens (tertiary/aromatic N) is 1. The van der Waals surface area contributed by atoms with E-state index in [2.05, 4.69) is 21.2 Å². The quantitative estimate of drug-likeness (QED) is 0.799. The number of alkyl halides is 3. The highest BCUT2D eigenvalue weighted by Crippen LogP contribution is 2.46. The third-order valence-corrected chi connectivity index (χ3v) is 4.23. The Labute approximate surface area is 142 Å². The topological polar surface area (TPSA) is 71.3 Å². The zero-order valence-electron chi connectivity index (χ0n) is 11.9. The van der Waals surface area contributed by atoms with Gasteiger partial charge in [-0.2, -0.15) is 13.2 Å². The fourth-order valence-electron chi connectivity index (χ4n) is 2.74. The van der Waals surface area contributed by atoms with Gasteiger partial charge in [0.25, 0.3) is 0 Å². The van der Waals surface area contributed by atoms with Gasteiger partial charge in [-0.15, -0.1) is 0 Å². The van der Waals surface area contributed by atoms with Crippen molar-refractivity contribution in [3.8, 4) is 5.69 Å². The Kier molecular flexibility index (Phi) is 3.90. The van der Waals surface area contributed by atoms with Crippen molar-refractivity contribution < 1.29 is 27.9 Å². The van der Waals surface area contributed by atoms with Crippen LogP contribution in [-0.2, 0) is 4.79 Å². The second-order valence-corrected chi connectivity index (χ2v) is 6.22. The molecule has 0 bridgehead atoms. The number of benzene rings is 1. The molecule has 2 heterocycles. The van der Waals surface area contributed by atoms with Gasteiger partial charge in [-0.1, -0.05) is 22.0 Å². The van der Waals surface area contributed by atoms with Crippen LogP contribution in [0.15, 0.2) is 34.9 Å². The van der Waals surface area contributed by atoms with Crippen molar-refractivity contribution in [1.29, 1.82) is 0 Å². The summed E-state index contributed by atoms with van der Waals surface area (Å²) in [6, 6.07) is 6.44. The molecule has 2 aromatic rings. The number of aromatic nitrogens is 1. The molecule has 0 unspecified atom stereocenters. The molecule has 1 aliphatic rings. The molecule has 24 heavy (non-hydrogen) atoms. The predicted octanol–water partition coefficient (Wildman–Crippen LogP) is 3.93. The summed E-state index contributed by atoms with van der Waals surface area (Å²) in [4.78, 5) is 23.0. The van der Waals surface area contributed by atoms with Gasteiger partial charge in [0.2, 0.25) is 5.91 Å². The number of carboxylic acids is 1. The van der Waals surface area contributed by atoms with Gasteiger partial charge in [0.15, 0.2) is 0 Å². The molecule has 9 heteroatoms. The highest BCUT2D eigenvalue weighted by molar-refractivity contribution is 9.10. The van der Waals surface area contributed by atoms with E-state index in [0.717, 1.165) is 6.20 Å². The smallest absolute Gasteiger partial charge is 0.397 e. The number of nitrogens with one attached hydrogen (secondary N) is 1. The van der Waals surface area contributed by atoms with E-state index in [9.17, 15) is 27.9 Å². The summed E-state index contributed by atoms with van der Waals surface area (Å²) < 4.78 is 42.1. The molecule has 0 aliphatic carbocycles. The second kappa shape index (κ2) is 5.66. The highest BCUT2D eigenvalue weighted by atomic mass is 79.9. The monoisotopic (exact) mass is 402 g/mol. The molecule has 0 saturated heterocycles. The molecular weight excluding hydrogens is 393 g/mol. The van der Waals surface area contributed by atoms with Crippen LogP contribution >= 0.6 is 15.9 Å². The van der Waals surface area contributed by atoms with Crippen molar-refractivity contribution in [2.75, 3.05) is 5.32 Å². The maximum atomic E-state index is 13.4. The lowest BCUT2D eigenvalue weighted by molar-refractivity contribution is -0.157. The zero-order valence-corrected chi connectivity index (χ0v) is 13.5. The minimum Gasteiger partial charge on any atom is -0.478 e. The number of hydrogen-bond donors (Lipinski definition) is 2. The number of amides is 1. The number of hydrogen-bond acceptors (Lipinski definition) is 2. The van der Waals surface area contributed by atoms with Crippen LogP contribution in [0.3, 0.4) is 0 Å². The standard InChI is InChI=1S/C15H10BrF3N2O3/c16-7-2-1-3-8(4-7)21-6-9(14(23)24)12-13(21)10(15(17,18)19)5-11(22)20-12/h1-4,6,10H,5H2,(H,20,22)(H,23,24)/t10-/m1/s1. The van der Waals surface area contributed by atoms with Gasteiger partial charge >= 0.3 is 12.1 Å². The van der Waals surface area contributed by atoms with Crippen LogP contribution in [0.1, 0.15) is 28.4 Å². The van der Waals surface area contributed by atoms with Crippen molar-refractivity contribution in [3.63, 3.8) is 0 Å². The van der Waals surface area contributed by atoms with E-state index in [1.807, 2.05) is 0 Å². The van der Waals surface area contributed by atoms with Crippen LogP contribution in [0.4, 0.5) is 18.9 Å². The van der Waals surface area contributed by atoms with E-state index in [1.54, 1.807) is 24.3 Å². The van der Waals surface area contributed by atoms with Gasteiger partial charge in [0.05, 0.1) is 11.4 Å². The Balaban J connectivity index is 2.30. The van der Waals surface area contributed by atoms with E-state index >= 15 is 0 Å². The van der Waals surface area contributed by atoms with Crippen molar-refractivity contribution in [2.24, 2.45) is 0 Å². The number of anilines is 1. The predicted molar refractivity (Wildman–Crippen MR) is 82.5 cm³/mol. The molecule has 5 nitrogen and oxygen atoms in total. The van der Waals surface area contributed by atoms with Crippen molar-refractivity contribution in [3.05, 3.63) is 46.2 Å². The molecule has 1 aromatic heterocycles. The van der Waals surface area contributed by atoms with Crippen LogP contribution < -0.4 is 5.32 Å². The Morgan fingerprint density at radius 3 is 2.67 bits per heavy atom. The Morgan fingerprint density at radius 1 is 1.38 bits per heavy atom. The minimum absolute atomic E-state index is 0.280. The molecule has 126 valence electrons. The number of fused-ring (bicyclic) bond motifs is 1. The van der Waals surface area contributed by atoms with Crippen molar-refractivity contribution >= 4 is 33.5 Å². The van der Waals surface area contributed by atoms with Crippen LogP contribution in [0.5, 0.6) is 0 Å². The Hall–Kier alpha value is -2.29. The minimum atomic E-state index is -4.68. The lowest BCUT2D eigenvalue weighted by Crippen LogP contribution is -2.33. The fraction of sp³-hybridized carbons (Fsp3) is 0.200. The number of rotatable bonds is 2. The van der Waals surface area contributed by atoms with Crippen LogP contribution in [-0.4, -0.2) is 27.7 Å². The Bertz CT molecular complexity index is 845. The maximum Gasteiger partial charge on any atom is 0.397 e. The highest BCUT2D eigenvalue weighted by Gasteiger charge is 2.48. The van der Waals surface area contributed by atoms with Crippen molar-refractivity contribution in [1.82, 2.24) is 4.57 Å². The molecule has 2 N–H and O–H groups in total. The molecule has 1 aromatic carbocycles. The number of carbonyl (C=O) groups excluding carboxylic acids is 1. The van der Waals surface area contributed by atoms with Gasteiger partial charge in [-0.25, -0.2) is 4.79 Å². The maximum absolute atomic E-state index is 13.4. The fourth-order valence-corrected chi connectivity index (χ4v) is 3.13. The molecule has 0 saturated carbocycles. The Morgan fingerprint density at radius 2 is 2.08 bits per heavy atom. The number of carboxylic acid groups (broad SMARTS) is 1. The molecule has 3 rings (SSSR count). The summed E-state index contributed by atoms with van der Waals surface area (Å²) in [6.45, 7) is 0. The summed E-state index contributed by atoms with van der Waals surface area (Å²) in [7, 11) is 0. The number of aromatic carboxylic acids is 1. The molecule has 0 radical (unpaired) electrons. The zero-order chi connectivity index (χ0) is 17.6. The van der Waals surface area contributed by atoms with Crippen LogP contribution in [0.25, 0.3) is 5.69 Å². The molecular formula is C15H10BrF3N2O3. The third-order valence-electron chi connectivity index (χ3n) is 3.74. The van der Waals surface area contributed by atoms with E-state index in [4.69, 9.17) is 0 Å². The number of carbonyl (C=O) groups is 2. The molecule has 0 spiro atoms. The van der Waals surface area contributed by atoms with E-state index in [1.165, 1.54) is 4.57 Å². The van der Waals surface area contributed by atoms with Gasteiger partial charge in [-0.3, -0.25) is 4.79 Å². The first kappa shape index (κ1) is 16.6. The largest absolute Gasteiger partial charge is 0.478 e. The van der Waals surface area contributed by atoms with Gasteiger partial charge in [0.1, 0.15) is 11.5 Å².